The average molecular weight is 195 g/mol. The molecular formula is C10H17N3O. The van der Waals surface area contributed by atoms with Gasteiger partial charge in [0.25, 0.3) is 0 Å². The summed E-state index contributed by atoms with van der Waals surface area (Å²) in [7, 11) is 1.94. The zero-order valence-electron chi connectivity index (χ0n) is 8.79. The van der Waals surface area contributed by atoms with Crippen molar-refractivity contribution in [3.8, 4) is 0 Å². The third-order valence-electron chi connectivity index (χ3n) is 2.64. The maximum Gasteiger partial charge on any atom is 0.0791 e. The van der Waals surface area contributed by atoms with Crippen molar-refractivity contribution in [1.29, 1.82) is 0 Å². The van der Waals surface area contributed by atoms with E-state index in [1.165, 1.54) is 5.56 Å². The summed E-state index contributed by atoms with van der Waals surface area (Å²) >= 11 is 0. The zero-order chi connectivity index (χ0) is 9.97. The summed E-state index contributed by atoms with van der Waals surface area (Å²) in [6.07, 6.45) is 3.20. The Morgan fingerprint density at radius 2 is 2.57 bits per heavy atom. The number of rotatable bonds is 3. The van der Waals surface area contributed by atoms with Crippen LogP contribution in [0.3, 0.4) is 0 Å². The predicted octanol–water partition coefficient (Wildman–Crippen LogP) is 0.872. The van der Waals surface area contributed by atoms with E-state index in [0.29, 0.717) is 6.04 Å². The summed E-state index contributed by atoms with van der Waals surface area (Å²) in [5, 5.41) is 7.68. The summed E-state index contributed by atoms with van der Waals surface area (Å²) < 4.78 is 7.39. The number of nitrogens with one attached hydrogen (secondary N) is 1. The van der Waals surface area contributed by atoms with E-state index in [2.05, 4.69) is 28.2 Å². The number of aromatic nitrogens is 2. The van der Waals surface area contributed by atoms with Crippen molar-refractivity contribution in [3.05, 3.63) is 17.5 Å². The summed E-state index contributed by atoms with van der Waals surface area (Å²) in [4.78, 5) is 0. The second-order valence-electron chi connectivity index (χ2n) is 3.79. The highest BCUT2D eigenvalue weighted by Gasteiger charge is 2.19. The van der Waals surface area contributed by atoms with Gasteiger partial charge in [-0.05, 0) is 26.0 Å². The van der Waals surface area contributed by atoms with E-state index in [-0.39, 0.29) is 0 Å². The van der Waals surface area contributed by atoms with Crippen molar-refractivity contribution in [2.75, 3.05) is 20.3 Å². The molecule has 4 heteroatoms. The molecule has 0 saturated carbocycles. The molecule has 4 nitrogen and oxygen atoms in total. The van der Waals surface area contributed by atoms with Gasteiger partial charge in [0.15, 0.2) is 0 Å². The SMILES string of the molecule is CNCc1nn(C2CCOC2)cc1C. The first-order chi connectivity index (χ1) is 6.81. The van der Waals surface area contributed by atoms with Crippen LogP contribution in [0, 0.1) is 6.92 Å². The molecule has 1 saturated heterocycles. The van der Waals surface area contributed by atoms with Gasteiger partial charge in [-0.15, -0.1) is 0 Å². The lowest BCUT2D eigenvalue weighted by molar-refractivity contribution is 0.184. The number of hydrogen-bond donors (Lipinski definition) is 1. The van der Waals surface area contributed by atoms with Gasteiger partial charge >= 0.3 is 0 Å². The second-order valence-corrected chi connectivity index (χ2v) is 3.79. The van der Waals surface area contributed by atoms with Gasteiger partial charge in [-0.25, -0.2) is 0 Å². The highest BCUT2D eigenvalue weighted by Crippen LogP contribution is 2.19. The number of ether oxygens (including phenoxy) is 1. The molecule has 0 aliphatic carbocycles. The molecular weight excluding hydrogens is 178 g/mol. The molecule has 14 heavy (non-hydrogen) atoms. The summed E-state index contributed by atoms with van der Waals surface area (Å²) in [5.74, 6) is 0. The monoisotopic (exact) mass is 195 g/mol. The molecule has 1 aliphatic heterocycles. The van der Waals surface area contributed by atoms with Gasteiger partial charge in [0.1, 0.15) is 0 Å². The molecule has 1 aromatic heterocycles. The molecule has 1 fully saturated rings. The third kappa shape index (κ3) is 1.81. The Morgan fingerprint density at radius 1 is 1.71 bits per heavy atom. The Kier molecular flexibility index (Phi) is 2.84. The fourth-order valence-electron chi connectivity index (χ4n) is 1.78. The van der Waals surface area contributed by atoms with Gasteiger partial charge in [0.05, 0.1) is 18.3 Å². The molecule has 1 aliphatic rings. The molecule has 0 bridgehead atoms. The fraction of sp³-hybridized carbons (Fsp3) is 0.700. The number of hydrogen-bond acceptors (Lipinski definition) is 3. The minimum atomic E-state index is 0.444. The van der Waals surface area contributed by atoms with Gasteiger partial charge in [-0.3, -0.25) is 4.68 Å². The molecule has 2 rings (SSSR count). The molecule has 78 valence electrons. The Labute approximate surface area is 84.3 Å². The normalized spacial score (nSPS) is 21.7. The molecule has 0 radical (unpaired) electrons. The molecule has 0 amide bonds. The Balaban J connectivity index is 2.14. The van der Waals surface area contributed by atoms with Gasteiger partial charge in [-0.2, -0.15) is 5.10 Å². The Morgan fingerprint density at radius 3 is 3.21 bits per heavy atom. The average Bonchev–Trinajstić information content (AvgIpc) is 2.76. The fourth-order valence-corrected chi connectivity index (χ4v) is 1.78. The predicted molar refractivity (Wildman–Crippen MR) is 54.2 cm³/mol. The molecule has 1 aromatic rings. The maximum atomic E-state index is 5.34. The zero-order valence-corrected chi connectivity index (χ0v) is 8.79. The van der Waals surface area contributed by atoms with Crippen LogP contribution in [0.15, 0.2) is 6.20 Å². The van der Waals surface area contributed by atoms with Gasteiger partial charge in [-0.1, -0.05) is 0 Å². The first kappa shape index (κ1) is 9.68. The van der Waals surface area contributed by atoms with E-state index >= 15 is 0 Å². The van der Waals surface area contributed by atoms with E-state index in [1.54, 1.807) is 0 Å². The summed E-state index contributed by atoms with van der Waals surface area (Å²) in [6, 6.07) is 0.444. The van der Waals surface area contributed by atoms with Gasteiger partial charge < -0.3 is 10.1 Å². The van der Waals surface area contributed by atoms with Crippen molar-refractivity contribution < 1.29 is 4.74 Å². The lowest BCUT2D eigenvalue weighted by atomic mass is 10.2. The van der Waals surface area contributed by atoms with E-state index < -0.39 is 0 Å². The Bertz CT molecular complexity index is 302. The summed E-state index contributed by atoms with van der Waals surface area (Å²) in [6.45, 7) is 4.61. The molecule has 1 N–H and O–H groups in total. The lowest BCUT2D eigenvalue weighted by Crippen LogP contribution is -2.11. The molecule has 1 atom stereocenters. The largest absolute Gasteiger partial charge is 0.379 e. The van der Waals surface area contributed by atoms with Crippen LogP contribution in [-0.4, -0.2) is 30.0 Å². The van der Waals surface area contributed by atoms with Crippen molar-refractivity contribution >= 4 is 0 Å². The first-order valence-electron chi connectivity index (χ1n) is 5.08. The minimum absolute atomic E-state index is 0.444. The van der Waals surface area contributed by atoms with Gasteiger partial charge in [0, 0.05) is 19.3 Å². The van der Waals surface area contributed by atoms with E-state index in [1.807, 2.05) is 7.05 Å². The van der Waals surface area contributed by atoms with E-state index in [0.717, 1.165) is 31.9 Å². The Hall–Kier alpha value is -0.870. The van der Waals surface area contributed by atoms with Crippen LogP contribution in [0.2, 0.25) is 0 Å². The standard InChI is InChI=1S/C10H17N3O/c1-8-6-13(9-3-4-14-7-9)12-10(8)5-11-2/h6,9,11H,3-5,7H2,1-2H3. The first-order valence-corrected chi connectivity index (χ1v) is 5.08. The lowest BCUT2D eigenvalue weighted by Gasteiger charge is -2.06. The second kappa shape index (κ2) is 4.11. The third-order valence-corrected chi connectivity index (χ3v) is 2.64. The van der Waals surface area contributed by atoms with Crippen LogP contribution >= 0.6 is 0 Å². The highest BCUT2D eigenvalue weighted by molar-refractivity contribution is 5.15. The van der Waals surface area contributed by atoms with E-state index in [4.69, 9.17) is 4.74 Å². The quantitative estimate of drug-likeness (QED) is 0.778. The van der Waals surface area contributed by atoms with Gasteiger partial charge in [0.2, 0.25) is 0 Å². The summed E-state index contributed by atoms with van der Waals surface area (Å²) in [5.41, 5.74) is 2.39. The van der Waals surface area contributed by atoms with Crippen LogP contribution in [-0.2, 0) is 11.3 Å². The molecule has 0 aromatic carbocycles. The van der Waals surface area contributed by atoms with E-state index in [9.17, 15) is 0 Å². The van der Waals surface area contributed by atoms with Crippen LogP contribution in [0.5, 0.6) is 0 Å². The molecule has 1 unspecified atom stereocenters. The van der Waals surface area contributed by atoms with Crippen LogP contribution in [0.4, 0.5) is 0 Å². The van der Waals surface area contributed by atoms with Crippen molar-refractivity contribution in [2.24, 2.45) is 0 Å². The van der Waals surface area contributed by atoms with Crippen LogP contribution in [0.1, 0.15) is 23.7 Å². The minimum Gasteiger partial charge on any atom is -0.379 e. The smallest absolute Gasteiger partial charge is 0.0791 e. The molecule has 2 heterocycles. The van der Waals surface area contributed by atoms with Crippen molar-refractivity contribution in [2.45, 2.75) is 25.9 Å². The maximum absolute atomic E-state index is 5.34. The molecule has 0 spiro atoms. The van der Waals surface area contributed by atoms with Crippen molar-refractivity contribution in [1.82, 2.24) is 15.1 Å². The topological polar surface area (TPSA) is 39.1 Å². The number of nitrogens with zero attached hydrogens (tertiary/aromatic N) is 2. The van der Waals surface area contributed by atoms with Crippen molar-refractivity contribution in [3.63, 3.8) is 0 Å². The highest BCUT2D eigenvalue weighted by atomic mass is 16.5. The number of aryl methyl sites for hydroxylation is 1. The van der Waals surface area contributed by atoms with Crippen LogP contribution in [0.25, 0.3) is 0 Å². The van der Waals surface area contributed by atoms with Crippen LogP contribution < -0.4 is 5.32 Å².